The number of ether oxygens (including phenoxy) is 2. The molecule has 4 nitrogen and oxygen atoms in total. The van der Waals surface area contributed by atoms with Gasteiger partial charge in [0.2, 0.25) is 0 Å². The number of nitrogens with one attached hydrogen (secondary N) is 1. The Balaban J connectivity index is 0.00000196. The number of hydrogen-bond acceptors (Lipinski definition) is 3. The highest BCUT2D eigenvalue weighted by Crippen LogP contribution is 2.32. The smallest absolute Gasteiger partial charge is 0.161 e. The average Bonchev–Trinajstić information content (AvgIpc) is 2.95. The van der Waals surface area contributed by atoms with E-state index in [2.05, 4.69) is 62.8 Å². The van der Waals surface area contributed by atoms with Crippen LogP contribution in [-0.4, -0.2) is 25.3 Å². The predicted molar refractivity (Wildman–Crippen MR) is 116 cm³/mol. The van der Waals surface area contributed by atoms with Gasteiger partial charge >= 0.3 is 0 Å². The lowest BCUT2D eigenvalue weighted by molar-refractivity contribution is 0.354. The number of aromatic nitrogens is 1. The van der Waals surface area contributed by atoms with Crippen LogP contribution in [0.5, 0.6) is 11.5 Å². The van der Waals surface area contributed by atoms with E-state index in [1.807, 2.05) is 6.07 Å². The second-order valence-electron chi connectivity index (χ2n) is 6.29. The molecule has 0 radical (unpaired) electrons. The summed E-state index contributed by atoms with van der Waals surface area (Å²) in [5.41, 5.74) is 5.41. The fourth-order valence-electron chi connectivity index (χ4n) is 3.69. The van der Waals surface area contributed by atoms with E-state index in [0.29, 0.717) is 0 Å². The van der Waals surface area contributed by atoms with Crippen LogP contribution < -0.4 is 14.8 Å². The lowest BCUT2D eigenvalue weighted by atomic mass is 10.0. The van der Waals surface area contributed by atoms with Gasteiger partial charge < -0.3 is 19.4 Å². The summed E-state index contributed by atoms with van der Waals surface area (Å²) in [6, 6.07) is 12.9. The van der Waals surface area contributed by atoms with Gasteiger partial charge in [0.1, 0.15) is 0 Å². The van der Waals surface area contributed by atoms with Crippen molar-refractivity contribution in [3.05, 3.63) is 56.8 Å². The molecule has 0 amide bonds. The number of methoxy groups -OCH3 is 2. The number of fused-ring (bicyclic) bond motifs is 3. The topological polar surface area (TPSA) is 35.4 Å². The molecule has 26 heavy (non-hydrogen) atoms. The van der Waals surface area contributed by atoms with Crippen LogP contribution in [0.2, 0.25) is 0 Å². The van der Waals surface area contributed by atoms with Gasteiger partial charge in [-0.1, -0.05) is 6.07 Å². The zero-order valence-corrected chi connectivity index (χ0v) is 17.8. The first kappa shape index (κ1) is 19.3. The van der Waals surface area contributed by atoms with Gasteiger partial charge in [-0.25, -0.2) is 0 Å². The van der Waals surface area contributed by atoms with E-state index in [9.17, 15) is 0 Å². The zero-order chi connectivity index (χ0) is 17.4. The third-order valence-corrected chi connectivity index (χ3v) is 5.55. The molecule has 0 atom stereocenters. The first-order valence-corrected chi connectivity index (χ1v) is 9.50. The molecule has 1 aliphatic heterocycles. The van der Waals surface area contributed by atoms with Crippen molar-refractivity contribution in [3.8, 4) is 11.5 Å². The van der Waals surface area contributed by atoms with E-state index in [0.717, 1.165) is 37.6 Å². The Morgan fingerprint density at radius 2 is 1.88 bits per heavy atom. The highest BCUT2D eigenvalue weighted by molar-refractivity contribution is 14.1. The first-order valence-electron chi connectivity index (χ1n) is 8.42. The minimum absolute atomic E-state index is 0. The van der Waals surface area contributed by atoms with Crippen molar-refractivity contribution in [2.75, 3.05) is 20.8 Å². The quantitative estimate of drug-likeness (QED) is 0.558. The summed E-state index contributed by atoms with van der Waals surface area (Å²) in [7, 11) is 3.35. The van der Waals surface area contributed by atoms with E-state index in [1.54, 1.807) is 14.2 Å². The summed E-state index contributed by atoms with van der Waals surface area (Å²) in [6.07, 6.45) is 1.09. The SMILES string of the molecule is COc1ccc(Cn2c3c(c4cc(I)ccc42)CCNC3)cc1OC.Cl. The molecular formula is C20H22ClIN2O2. The summed E-state index contributed by atoms with van der Waals surface area (Å²) in [6.45, 7) is 2.80. The zero-order valence-electron chi connectivity index (χ0n) is 14.8. The maximum absolute atomic E-state index is 5.46. The van der Waals surface area contributed by atoms with Gasteiger partial charge in [0.25, 0.3) is 0 Å². The molecule has 0 aliphatic carbocycles. The molecule has 0 spiro atoms. The lowest BCUT2D eigenvalue weighted by Gasteiger charge is -2.18. The molecular weight excluding hydrogens is 463 g/mol. The van der Waals surface area contributed by atoms with Gasteiger partial charge in [-0.3, -0.25) is 0 Å². The van der Waals surface area contributed by atoms with Crippen LogP contribution in [0.15, 0.2) is 36.4 Å². The van der Waals surface area contributed by atoms with E-state index in [4.69, 9.17) is 9.47 Å². The molecule has 0 unspecified atom stereocenters. The Labute approximate surface area is 173 Å². The molecule has 138 valence electrons. The number of benzene rings is 2. The lowest BCUT2D eigenvalue weighted by Crippen LogP contribution is -2.25. The number of rotatable bonds is 4. The maximum atomic E-state index is 5.46. The highest BCUT2D eigenvalue weighted by Gasteiger charge is 2.20. The van der Waals surface area contributed by atoms with E-state index in [-0.39, 0.29) is 12.4 Å². The Bertz CT molecular complexity index is 939. The van der Waals surface area contributed by atoms with Gasteiger partial charge in [-0.15, -0.1) is 12.4 Å². The van der Waals surface area contributed by atoms with Crippen molar-refractivity contribution < 1.29 is 9.47 Å². The van der Waals surface area contributed by atoms with Gasteiger partial charge in [0.15, 0.2) is 11.5 Å². The molecule has 1 aromatic heterocycles. The van der Waals surface area contributed by atoms with E-state index < -0.39 is 0 Å². The third kappa shape index (κ3) is 3.40. The molecule has 4 rings (SSSR count). The summed E-state index contributed by atoms with van der Waals surface area (Å²) >= 11 is 2.40. The normalized spacial score (nSPS) is 13.2. The standard InChI is InChI=1S/C20H21IN2O2.ClH/c1-24-19-6-3-13(9-20(19)25-2)12-23-17-5-4-14(21)10-16(17)15-7-8-22-11-18(15)23;/h3-6,9-10,22H,7-8,11-12H2,1-2H3;1H. The molecule has 2 heterocycles. The highest BCUT2D eigenvalue weighted by atomic mass is 127. The van der Waals surface area contributed by atoms with Gasteiger partial charge in [-0.2, -0.15) is 0 Å². The molecule has 1 N–H and O–H groups in total. The Morgan fingerprint density at radius 3 is 2.65 bits per heavy atom. The fraction of sp³-hybridized carbons (Fsp3) is 0.300. The van der Waals surface area contributed by atoms with Gasteiger partial charge in [0, 0.05) is 33.3 Å². The first-order chi connectivity index (χ1) is 12.2. The minimum atomic E-state index is 0. The molecule has 1 aliphatic rings. The summed E-state index contributed by atoms with van der Waals surface area (Å²) in [5, 5.41) is 4.91. The maximum Gasteiger partial charge on any atom is 0.161 e. The van der Waals surface area contributed by atoms with Crippen molar-refractivity contribution in [3.63, 3.8) is 0 Å². The van der Waals surface area contributed by atoms with Crippen molar-refractivity contribution in [1.82, 2.24) is 9.88 Å². The van der Waals surface area contributed by atoms with Crippen LogP contribution in [0, 0.1) is 3.57 Å². The van der Waals surface area contributed by atoms with Gasteiger partial charge in [-0.05, 0) is 77.0 Å². The molecule has 2 aromatic carbocycles. The molecule has 0 bridgehead atoms. The summed E-state index contributed by atoms with van der Waals surface area (Å²) < 4.78 is 14.5. The van der Waals surface area contributed by atoms with E-state index in [1.165, 1.54) is 31.3 Å². The van der Waals surface area contributed by atoms with Crippen LogP contribution in [0.3, 0.4) is 0 Å². The Hall–Kier alpha value is -1.44. The molecule has 6 heteroatoms. The second-order valence-corrected chi connectivity index (χ2v) is 7.53. The van der Waals surface area contributed by atoms with Crippen LogP contribution >= 0.6 is 35.0 Å². The van der Waals surface area contributed by atoms with Crippen LogP contribution in [0.25, 0.3) is 10.9 Å². The van der Waals surface area contributed by atoms with E-state index >= 15 is 0 Å². The van der Waals surface area contributed by atoms with Crippen molar-refractivity contribution in [1.29, 1.82) is 0 Å². The van der Waals surface area contributed by atoms with Crippen molar-refractivity contribution in [2.45, 2.75) is 19.5 Å². The van der Waals surface area contributed by atoms with Crippen molar-refractivity contribution >= 4 is 45.9 Å². The van der Waals surface area contributed by atoms with Crippen molar-refractivity contribution in [2.24, 2.45) is 0 Å². The largest absolute Gasteiger partial charge is 0.493 e. The van der Waals surface area contributed by atoms with Crippen LogP contribution in [-0.2, 0) is 19.5 Å². The number of halogens is 2. The molecule has 0 saturated heterocycles. The van der Waals surface area contributed by atoms with Crippen LogP contribution in [0.4, 0.5) is 0 Å². The second kappa shape index (κ2) is 8.06. The molecule has 3 aromatic rings. The number of nitrogens with zero attached hydrogens (tertiary/aromatic N) is 1. The fourth-order valence-corrected chi connectivity index (χ4v) is 4.18. The van der Waals surface area contributed by atoms with Gasteiger partial charge in [0.05, 0.1) is 14.2 Å². The predicted octanol–water partition coefficient (Wildman–Crippen LogP) is 4.38. The average molecular weight is 485 g/mol. The Morgan fingerprint density at radius 1 is 1.08 bits per heavy atom. The number of hydrogen-bond donors (Lipinski definition) is 1. The summed E-state index contributed by atoms with van der Waals surface area (Å²) in [4.78, 5) is 0. The summed E-state index contributed by atoms with van der Waals surface area (Å²) in [5.74, 6) is 1.54. The minimum Gasteiger partial charge on any atom is -0.493 e. The molecule has 0 saturated carbocycles. The van der Waals surface area contributed by atoms with Crippen LogP contribution in [0.1, 0.15) is 16.8 Å². The monoisotopic (exact) mass is 484 g/mol. The third-order valence-electron chi connectivity index (χ3n) is 4.88. The molecule has 0 fully saturated rings. The Kier molecular flexibility index (Phi) is 5.99.